The number of hydrogen-bond donors (Lipinski definition) is 0. The van der Waals surface area contributed by atoms with Crippen molar-refractivity contribution in [2.24, 2.45) is 0 Å². The summed E-state index contributed by atoms with van der Waals surface area (Å²) in [5, 5.41) is 0. The third-order valence-corrected chi connectivity index (χ3v) is 4.41. The molecule has 2 aromatic carbocycles. The normalized spacial score (nSPS) is 10.4. The van der Waals surface area contributed by atoms with Crippen LogP contribution in [-0.4, -0.2) is 19.9 Å². The van der Waals surface area contributed by atoms with Crippen molar-refractivity contribution in [2.45, 2.75) is 24.0 Å². The quantitative estimate of drug-likeness (QED) is 0.572. The molecular formula is C18H21NOS. The Balaban J connectivity index is 2.00. The highest BCUT2D eigenvalue weighted by Gasteiger charge is 2.03. The lowest BCUT2D eigenvalue weighted by molar-refractivity contribution is 0.0988. The maximum absolute atomic E-state index is 11.6. The van der Waals surface area contributed by atoms with Gasteiger partial charge in [-0.05, 0) is 29.8 Å². The van der Waals surface area contributed by atoms with Crippen LogP contribution in [0.25, 0.3) is 0 Å². The summed E-state index contributed by atoms with van der Waals surface area (Å²) in [7, 11) is 4.10. The van der Waals surface area contributed by atoms with Crippen LogP contribution in [0, 0.1) is 0 Å². The van der Waals surface area contributed by atoms with Crippen LogP contribution in [0.15, 0.2) is 53.4 Å². The van der Waals surface area contributed by atoms with Gasteiger partial charge >= 0.3 is 0 Å². The van der Waals surface area contributed by atoms with E-state index in [9.17, 15) is 4.79 Å². The molecule has 0 atom stereocenters. The fourth-order valence-corrected chi connectivity index (χ4v) is 2.87. The summed E-state index contributed by atoms with van der Waals surface area (Å²) in [5.41, 5.74) is 3.33. The number of hydrogen-bond acceptors (Lipinski definition) is 3. The zero-order valence-corrected chi connectivity index (χ0v) is 13.6. The summed E-state index contributed by atoms with van der Waals surface area (Å²) >= 11 is 1.79. The van der Waals surface area contributed by atoms with Crippen molar-refractivity contribution >= 4 is 23.2 Å². The Bertz CT molecular complexity index is 605. The maximum Gasteiger partial charge on any atom is 0.162 e. The number of rotatable bonds is 6. The van der Waals surface area contributed by atoms with Gasteiger partial charge < -0.3 is 4.90 Å². The van der Waals surface area contributed by atoms with Crippen LogP contribution >= 0.6 is 11.8 Å². The van der Waals surface area contributed by atoms with E-state index in [4.69, 9.17) is 0 Å². The predicted molar refractivity (Wildman–Crippen MR) is 91.4 cm³/mol. The largest absolute Gasteiger partial charge is 0.378 e. The van der Waals surface area contributed by atoms with Crippen LogP contribution < -0.4 is 4.90 Å². The minimum absolute atomic E-state index is 0.199. The minimum atomic E-state index is 0.199. The van der Waals surface area contributed by atoms with Gasteiger partial charge in [-0.1, -0.05) is 31.2 Å². The number of Topliss-reactive ketones (excluding diaryl/α,β-unsaturated/α-hetero) is 1. The van der Waals surface area contributed by atoms with Crippen molar-refractivity contribution in [1.29, 1.82) is 0 Å². The molecule has 0 bridgehead atoms. The van der Waals surface area contributed by atoms with Gasteiger partial charge in [-0.25, -0.2) is 0 Å². The van der Waals surface area contributed by atoms with Crippen molar-refractivity contribution in [3.63, 3.8) is 0 Å². The smallest absolute Gasteiger partial charge is 0.162 e. The zero-order chi connectivity index (χ0) is 15.2. The van der Waals surface area contributed by atoms with Crippen LogP contribution in [0.4, 0.5) is 5.69 Å². The average molecular weight is 299 g/mol. The van der Waals surface area contributed by atoms with Crippen LogP contribution in [0.5, 0.6) is 0 Å². The summed E-state index contributed by atoms with van der Waals surface area (Å²) in [6, 6.07) is 16.5. The SMILES string of the molecule is CCC(=O)c1ccc(SCc2cccc(N(C)C)c2)cc1. The molecule has 2 rings (SSSR count). The highest BCUT2D eigenvalue weighted by Crippen LogP contribution is 2.25. The number of ketones is 1. The van der Waals surface area contributed by atoms with E-state index in [2.05, 4.69) is 43.3 Å². The highest BCUT2D eigenvalue weighted by molar-refractivity contribution is 7.98. The van der Waals surface area contributed by atoms with Crippen molar-refractivity contribution in [1.82, 2.24) is 0 Å². The molecule has 0 aliphatic heterocycles. The van der Waals surface area contributed by atoms with E-state index < -0.39 is 0 Å². The van der Waals surface area contributed by atoms with Gasteiger partial charge in [-0.15, -0.1) is 11.8 Å². The molecule has 0 N–H and O–H groups in total. The Morgan fingerprint density at radius 3 is 2.43 bits per heavy atom. The van der Waals surface area contributed by atoms with Crippen LogP contribution in [0.2, 0.25) is 0 Å². The molecule has 0 heterocycles. The minimum Gasteiger partial charge on any atom is -0.378 e. The van der Waals surface area contributed by atoms with Crippen LogP contribution in [0.3, 0.4) is 0 Å². The van der Waals surface area contributed by atoms with Gasteiger partial charge in [0.2, 0.25) is 0 Å². The molecule has 110 valence electrons. The van der Waals surface area contributed by atoms with Crippen LogP contribution in [-0.2, 0) is 5.75 Å². The molecule has 0 spiro atoms. The third-order valence-electron chi connectivity index (χ3n) is 3.33. The van der Waals surface area contributed by atoms with Gasteiger partial charge in [-0.3, -0.25) is 4.79 Å². The number of carbonyl (C=O) groups excluding carboxylic acids is 1. The van der Waals surface area contributed by atoms with Crippen molar-refractivity contribution in [2.75, 3.05) is 19.0 Å². The Hall–Kier alpha value is -1.74. The van der Waals surface area contributed by atoms with Gasteiger partial charge in [0, 0.05) is 42.4 Å². The summed E-state index contributed by atoms with van der Waals surface area (Å²) < 4.78 is 0. The van der Waals surface area contributed by atoms with Crippen molar-refractivity contribution in [3.05, 3.63) is 59.7 Å². The molecular weight excluding hydrogens is 278 g/mol. The van der Waals surface area contributed by atoms with Gasteiger partial charge in [0.05, 0.1) is 0 Å². The van der Waals surface area contributed by atoms with Gasteiger partial charge in [0.1, 0.15) is 0 Å². The molecule has 0 saturated heterocycles. The van der Waals surface area contributed by atoms with E-state index in [1.807, 2.05) is 31.2 Å². The molecule has 21 heavy (non-hydrogen) atoms. The van der Waals surface area contributed by atoms with Gasteiger partial charge in [0.15, 0.2) is 5.78 Å². The first kappa shape index (κ1) is 15.6. The molecule has 3 heteroatoms. The van der Waals surface area contributed by atoms with E-state index in [1.165, 1.54) is 16.1 Å². The average Bonchev–Trinajstić information content (AvgIpc) is 2.53. The standard InChI is InChI=1S/C18H21NOS/c1-4-18(20)15-8-10-17(11-9-15)21-13-14-6-5-7-16(12-14)19(2)3/h5-12H,4,13H2,1-3H3. The van der Waals surface area contributed by atoms with Gasteiger partial charge in [0.25, 0.3) is 0 Å². The van der Waals surface area contributed by atoms with E-state index >= 15 is 0 Å². The zero-order valence-electron chi connectivity index (χ0n) is 12.8. The number of nitrogens with zero attached hydrogens (tertiary/aromatic N) is 1. The molecule has 0 aromatic heterocycles. The molecule has 0 amide bonds. The lowest BCUT2D eigenvalue weighted by Crippen LogP contribution is -2.08. The van der Waals surface area contributed by atoms with Gasteiger partial charge in [-0.2, -0.15) is 0 Å². The second-order valence-electron chi connectivity index (χ2n) is 5.15. The van der Waals surface area contributed by atoms with E-state index in [0.717, 1.165) is 11.3 Å². The molecule has 2 aromatic rings. The second kappa shape index (κ2) is 7.32. The molecule has 0 aliphatic carbocycles. The summed E-state index contributed by atoms with van der Waals surface area (Å²) in [4.78, 5) is 14.9. The van der Waals surface area contributed by atoms with E-state index in [1.54, 1.807) is 11.8 Å². The Kier molecular flexibility index (Phi) is 5.45. The Morgan fingerprint density at radius 1 is 1.10 bits per heavy atom. The monoisotopic (exact) mass is 299 g/mol. The molecule has 0 fully saturated rings. The highest BCUT2D eigenvalue weighted by atomic mass is 32.2. The lowest BCUT2D eigenvalue weighted by atomic mass is 10.1. The molecule has 2 nitrogen and oxygen atoms in total. The molecule has 0 radical (unpaired) electrons. The Labute approximate surface area is 131 Å². The second-order valence-corrected chi connectivity index (χ2v) is 6.20. The summed E-state index contributed by atoms with van der Waals surface area (Å²) in [6.45, 7) is 1.89. The predicted octanol–water partition coefficient (Wildman–Crippen LogP) is 4.64. The topological polar surface area (TPSA) is 20.3 Å². The number of anilines is 1. The number of benzene rings is 2. The molecule has 0 unspecified atom stereocenters. The first-order valence-electron chi connectivity index (χ1n) is 7.12. The molecule has 0 saturated carbocycles. The van der Waals surface area contributed by atoms with Crippen LogP contribution in [0.1, 0.15) is 29.3 Å². The fourth-order valence-electron chi connectivity index (χ4n) is 2.03. The third kappa shape index (κ3) is 4.36. The number of thioether (sulfide) groups is 1. The summed E-state index contributed by atoms with van der Waals surface area (Å²) in [5.74, 6) is 1.13. The first-order valence-corrected chi connectivity index (χ1v) is 8.11. The van der Waals surface area contributed by atoms with Crippen molar-refractivity contribution in [3.8, 4) is 0 Å². The molecule has 0 aliphatic rings. The first-order chi connectivity index (χ1) is 10.1. The summed E-state index contributed by atoms with van der Waals surface area (Å²) in [6.07, 6.45) is 0.559. The van der Waals surface area contributed by atoms with E-state index in [0.29, 0.717) is 6.42 Å². The maximum atomic E-state index is 11.6. The van der Waals surface area contributed by atoms with E-state index in [-0.39, 0.29) is 5.78 Å². The lowest BCUT2D eigenvalue weighted by Gasteiger charge is -2.13. The number of carbonyl (C=O) groups is 1. The fraction of sp³-hybridized carbons (Fsp3) is 0.278. The van der Waals surface area contributed by atoms with Crippen molar-refractivity contribution < 1.29 is 4.79 Å². The Morgan fingerprint density at radius 2 is 1.81 bits per heavy atom.